The Bertz CT molecular complexity index is 450. The van der Waals surface area contributed by atoms with Crippen LogP contribution in [-0.2, 0) is 4.79 Å². The fourth-order valence-electron chi connectivity index (χ4n) is 1.68. The summed E-state index contributed by atoms with van der Waals surface area (Å²) < 4.78 is 18.5. The predicted molar refractivity (Wildman–Crippen MR) is 71.0 cm³/mol. The number of aryl methyl sites for hydroxylation is 1. The fraction of sp³-hybridized carbons (Fsp3) is 0.500. The molecule has 0 saturated heterocycles. The van der Waals surface area contributed by atoms with E-state index >= 15 is 0 Å². The number of halogens is 1. The molecule has 0 spiro atoms. The topological polar surface area (TPSA) is 58.6 Å². The second kappa shape index (κ2) is 6.52. The summed E-state index contributed by atoms with van der Waals surface area (Å²) in [6.07, 6.45) is 1.01. The van der Waals surface area contributed by atoms with E-state index in [9.17, 15) is 9.18 Å². The van der Waals surface area contributed by atoms with Crippen molar-refractivity contribution in [3.05, 3.63) is 29.6 Å². The average Bonchev–Trinajstić information content (AvgIpc) is 2.38. The van der Waals surface area contributed by atoms with Crippen LogP contribution in [0.25, 0.3) is 0 Å². The van der Waals surface area contributed by atoms with Crippen LogP contribution in [0, 0.1) is 12.7 Å². The zero-order chi connectivity index (χ0) is 14.5. The minimum Gasteiger partial charge on any atom is -0.493 e. The molecule has 106 valence electrons. The van der Waals surface area contributed by atoms with E-state index in [1.807, 2.05) is 6.92 Å². The molecule has 0 bridgehead atoms. The second-order valence-electron chi connectivity index (χ2n) is 4.75. The van der Waals surface area contributed by atoms with Crippen LogP contribution in [-0.4, -0.2) is 30.3 Å². The Morgan fingerprint density at radius 1 is 1.53 bits per heavy atom. The summed E-state index contributed by atoms with van der Waals surface area (Å²) in [4.78, 5) is 11.1. The lowest BCUT2D eigenvalue weighted by Crippen LogP contribution is -2.47. The third-order valence-electron chi connectivity index (χ3n) is 3.25. The first-order chi connectivity index (χ1) is 8.89. The molecule has 1 unspecified atom stereocenters. The van der Waals surface area contributed by atoms with Crippen molar-refractivity contribution in [3.63, 3.8) is 0 Å². The molecule has 1 atom stereocenters. The summed E-state index contributed by atoms with van der Waals surface area (Å²) in [5.41, 5.74) is -0.101. The highest BCUT2D eigenvalue weighted by atomic mass is 19.1. The monoisotopic (exact) mass is 269 g/mol. The summed E-state index contributed by atoms with van der Waals surface area (Å²) in [7, 11) is 1.62. The normalized spacial score (nSPS) is 13.9. The van der Waals surface area contributed by atoms with E-state index in [-0.39, 0.29) is 5.82 Å². The van der Waals surface area contributed by atoms with Gasteiger partial charge in [-0.15, -0.1) is 0 Å². The number of carboxylic acid groups (broad SMARTS) is 1. The first-order valence-electron chi connectivity index (χ1n) is 6.20. The quantitative estimate of drug-likeness (QED) is 0.746. The van der Waals surface area contributed by atoms with Crippen molar-refractivity contribution in [2.24, 2.45) is 0 Å². The number of hydrogen-bond acceptors (Lipinski definition) is 3. The molecule has 0 amide bonds. The van der Waals surface area contributed by atoms with Crippen molar-refractivity contribution in [2.75, 3.05) is 13.7 Å². The van der Waals surface area contributed by atoms with Crippen LogP contribution in [0.5, 0.6) is 5.75 Å². The molecule has 19 heavy (non-hydrogen) atoms. The van der Waals surface area contributed by atoms with Gasteiger partial charge < -0.3 is 15.2 Å². The van der Waals surface area contributed by atoms with E-state index in [4.69, 9.17) is 9.84 Å². The summed E-state index contributed by atoms with van der Waals surface area (Å²) in [5, 5.41) is 11.9. The Morgan fingerprint density at radius 3 is 2.79 bits per heavy atom. The number of rotatable bonds is 7. The maximum Gasteiger partial charge on any atom is 0.323 e. The maximum atomic E-state index is 13.0. The molecule has 1 aromatic carbocycles. The van der Waals surface area contributed by atoms with Crippen molar-refractivity contribution >= 4 is 5.97 Å². The zero-order valence-corrected chi connectivity index (χ0v) is 11.5. The van der Waals surface area contributed by atoms with Gasteiger partial charge in [0, 0.05) is 6.07 Å². The third kappa shape index (κ3) is 4.21. The van der Waals surface area contributed by atoms with Gasteiger partial charge in [0.25, 0.3) is 0 Å². The van der Waals surface area contributed by atoms with E-state index in [2.05, 4.69) is 5.32 Å². The molecule has 2 N–H and O–H groups in total. The highest BCUT2D eigenvalue weighted by Crippen LogP contribution is 2.20. The number of carboxylic acids is 1. The zero-order valence-electron chi connectivity index (χ0n) is 11.5. The standard InChI is InChI=1S/C14H20FNO3/c1-10-5-6-11(15)9-12(10)19-8-4-7-14(2,16-3)13(17)18/h5-6,9,16H,4,7-8H2,1-3H3,(H,17,18). The molecule has 0 saturated carbocycles. The van der Waals surface area contributed by atoms with Crippen molar-refractivity contribution in [1.82, 2.24) is 5.32 Å². The van der Waals surface area contributed by atoms with Crippen molar-refractivity contribution < 1.29 is 19.0 Å². The second-order valence-corrected chi connectivity index (χ2v) is 4.75. The predicted octanol–water partition coefficient (Wildman–Crippen LogP) is 2.36. The number of carbonyl (C=O) groups is 1. The molecule has 0 radical (unpaired) electrons. The number of aliphatic carboxylic acids is 1. The molecule has 4 nitrogen and oxygen atoms in total. The Balaban J connectivity index is 2.47. The van der Waals surface area contributed by atoms with Crippen LogP contribution in [0.1, 0.15) is 25.3 Å². The van der Waals surface area contributed by atoms with E-state index < -0.39 is 11.5 Å². The van der Waals surface area contributed by atoms with Gasteiger partial charge in [0.15, 0.2) is 0 Å². The summed E-state index contributed by atoms with van der Waals surface area (Å²) >= 11 is 0. The Kier molecular flexibility index (Phi) is 5.30. The van der Waals surface area contributed by atoms with Crippen LogP contribution < -0.4 is 10.1 Å². The van der Waals surface area contributed by atoms with Crippen LogP contribution in [0.3, 0.4) is 0 Å². The fourth-order valence-corrected chi connectivity index (χ4v) is 1.68. The molecular weight excluding hydrogens is 249 g/mol. The Hall–Kier alpha value is -1.62. The Morgan fingerprint density at radius 2 is 2.21 bits per heavy atom. The highest BCUT2D eigenvalue weighted by Gasteiger charge is 2.30. The van der Waals surface area contributed by atoms with Gasteiger partial charge in [0.05, 0.1) is 6.61 Å². The van der Waals surface area contributed by atoms with Crippen LogP contribution in [0.2, 0.25) is 0 Å². The molecule has 0 aliphatic rings. The Labute approximate surface area is 112 Å². The maximum absolute atomic E-state index is 13.0. The SMILES string of the molecule is CNC(C)(CCCOc1cc(F)ccc1C)C(=O)O. The lowest BCUT2D eigenvalue weighted by Gasteiger charge is -2.24. The van der Waals surface area contributed by atoms with Gasteiger partial charge in [0.2, 0.25) is 0 Å². The molecule has 1 aromatic rings. The van der Waals surface area contributed by atoms with E-state index in [0.29, 0.717) is 25.2 Å². The van der Waals surface area contributed by atoms with Crippen LogP contribution in [0.15, 0.2) is 18.2 Å². The van der Waals surface area contributed by atoms with Crippen LogP contribution >= 0.6 is 0 Å². The van der Waals surface area contributed by atoms with Crippen LogP contribution in [0.4, 0.5) is 4.39 Å². The number of ether oxygens (including phenoxy) is 1. The number of hydrogen-bond donors (Lipinski definition) is 2. The van der Waals surface area contributed by atoms with Gasteiger partial charge in [0.1, 0.15) is 17.1 Å². The molecule has 5 heteroatoms. The lowest BCUT2D eigenvalue weighted by molar-refractivity contribution is -0.144. The van der Waals surface area contributed by atoms with Gasteiger partial charge in [-0.25, -0.2) is 4.39 Å². The first-order valence-corrected chi connectivity index (χ1v) is 6.20. The molecule has 0 fully saturated rings. The van der Waals surface area contributed by atoms with E-state index in [1.165, 1.54) is 12.1 Å². The molecule has 0 aliphatic heterocycles. The molecule has 1 rings (SSSR count). The number of benzene rings is 1. The molecule has 0 heterocycles. The van der Waals surface area contributed by atoms with Gasteiger partial charge in [-0.05, 0) is 45.4 Å². The highest BCUT2D eigenvalue weighted by molar-refractivity contribution is 5.78. The minimum absolute atomic E-state index is 0.341. The molecule has 0 aliphatic carbocycles. The van der Waals surface area contributed by atoms with Gasteiger partial charge in [-0.2, -0.15) is 0 Å². The lowest BCUT2D eigenvalue weighted by atomic mass is 9.96. The van der Waals surface area contributed by atoms with E-state index in [0.717, 1.165) is 5.56 Å². The molecular formula is C14H20FNO3. The number of likely N-dealkylation sites (N-methyl/N-ethyl adjacent to an activating group) is 1. The molecule has 0 aromatic heterocycles. The summed E-state index contributed by atoms with van der Waals surface area (Å²) in [6, 6.07) is 4.37. The smallest absolute Gasteiger partial charge is 0.323 e. The minimum atomic E-state index is -0.958. The van der Waals surface area contributed by atoms with Crippen molar-refractivity contribution in [2.45, 2.75) is 32.2 Å². The van der Waals surface area contributed by atoms with E-state index in [1.54, 1.807) is 20.0 Å². The van der Waals surface area contributed by atoms with Gasteiger partial charge in [-0.1, -0.05) is 6.07 Å². The third-order valence-corrected chi connectivity index (χ3v) is 3.25. The summed E-state index contributed by atoms with van der Waals surface area (Å²) in [5.74, 6) is -0.732. The van der Waals surface area contributed by atoms with Gasteiger partial charge >= 0.3 is 5.97 Å². The number of nitrogens with one attached hydrogen (secondary N) is 1. The van der Waals surface area contributed by atoms with Gasteiger partial charge in [-0.3, -0.25) is 4.79 Å². The first kappa shape index (κ1) is 15.4. The average molecular weight is 269 g/mol. The summed E-state index contributed by atoms with van der Waals surface area (Å²) in [6.45, 7) is 3.82. The van der Waals surface area contributed by atoms with Crippen molar-refractivity contribution in [3.8, 4) is 5.75 Å². The van der Waals surface area contributed by atoms with Crippen molar-refractivity contribution in [1.29, 1.82) is 0 Å². The largest absolute Gasteiger partial charge is 0.493 e.